The number of sulfonamides is 1. The molecule has 1 saturated heterocycles. The van der Waals surface area contributed by atoms with E-state index in [1.165, 1.54) is 12.3 Å². The maximum absolute atomic E-state index is 12.9. The molecule has 0 spiro atoms. The Hall–Kier alpha value is -1.79. The lowest BCUT2D eigenvalue weighted by atomic mass is 10.0. The SMILES string of the molecule is COc1ccc(C2CCCCCN2S(=O)(=O)c2ccco2)cc1. The van der Waals surface area contributed by atoms with Gasteiger partial charge in [0, 0.05) is 6.54 Å². The maximum Gasteiger partial charge on any atom is 0.277 e. The van der Waals surface area contributed by atoms with Crippen molar-refractivity contribution in [3.8, 4) is 5.75 Å². The fraction of sp³-hybridized carbons (Fsp3) is 0.412. The molecular formula is C17H21NO4S. The Morgan fingerprint density at radius 2 is 1.91 bits per heavy atom. The second-order valence-corrected chi connectivity index (χ2v) is 7.51. The smallest absolute Gasteiger partial charge is 0.277 e. The molecule has 3 rings (SSSR count). The van der Waals surface area contributed by atoms with E-state index < -0.39 is 10.0 Å². The molecule has 0 bridgehead atoms. The van der Waals surface area contributed by atoms with Gasteiger partial charge in [-0.25, -0.2) is 8.42 Å². The van der Waals surface area contributed by atoms with Crippen LogP contribution in [-0.2, 0) is 10.0 Å². The Morgan fingerprint density at radius 1 is 1.13 bits per heavy atom. The van der Waals surface area contributed by atoms with Gasteiger partial charge in [-0.05, 0) is 42.7 Å². The van der Waals surface area contributed by atoms with E-state index in [2.05, 4.69) is 0 Å². The number of nitrogens with zero attached hydrogens (tertiary/aromatic N) is 1. The molecular weight excluding hydrogens is 314 g/mol. The van der Waals surface area contributed by atoms with Crippen LogP contribution in [0.4, 0.5) is 0 Å². The van der Waals surface area contributed by atoms with Gasteiger partial charge in [0.25, 0.3) is 10.0 Å². The minimum atomic E-state index is -3.62. The topological polar surface area (TPSA) is 59.8 Å². The van der Waals surface area contributed by atoms with E-state index in [1.807, 2.05) is 24.3 Å². The predicted molar refractivity (Wildman–Crippen MR) is 86.8 cm³/mol. The highest BCUT2D eigenvalue weighted by Gasteiger charge is 2.34. The Morgan fingerprint density at radius 3 is 2.57 bits per heavy atom. The maximum atomic E-state index is 12.9. The molecule has 0 saturated carbocycles. The van der Waals surface area contributed by atoms with Gasteiger partial charge in [0.1, 0.15) is 5.75 Å². The Balaban J connectivity index is 1.97. The molecule has 0 radical (unpaired) electrons. The van der Waals surface area contributed by atoms with Crippen LogP contribution in [-0.4, -0.2) is 26.4 Å². The molecule has 0 aliphatic carbocycles. The lowest BCUT2D eigenvalue weighted by Gasteiger charge is -2.28. The summed E-state index contributed by atoms with van der Waals surface area (Å²) in [4.78, 5) is 0. The summed E-state index contributed by atoms with van der Waals surface area (Å²) in [7, 11) is -2.00. The number of benzene rings is 1. The first-order valence-corrected chi connectivity index (χ1v) is 9.26. The van der Waals surface area contributed by atoms with Crippen molar-refractivity contribution in [2.75, 3.05) is 13.7 Å². The van der Waals surface area contributed by atoms with E-state index >= 15 is 0 Å². The minimum absolute atomic E-state index is 0.0120. The van der Waals surface area contributed by atoms with Crippen LogP contribution in [0.2, 0.25) is 0 Å². The summed E-state index contributed by atoms with van der Waals surface area (Å²) in [6.07, 6.45) is 5.13. The highest BCUT2D eigenvalue weighted by Crippen LogP contribution is 2.35. The summed E-state index contributed by atoms with van der Waals surface area (Å²) in [6, 6.07) is 10.6. The molecule has 1 aliphatic rings. The number of hydrogen-bond donors (Lipinski definition) is 0. The van der Waals surface area contributed by atoms with Crippen LogP contribution < -0.4 is 4.74 Å². The first-order valence-electron chi connectivity index (χ1n) is 7.82. The van der Waals surface area contributed by atoms with Gasteiger partial charge in [-0.15, -0.1) is 0 Å². The monoisotopic (exact) mass is 335 g/mol. The third kappa shape index (κ3) is 3.28. The van der Waals surface area contributed by atoms with E-state index in [4.69, 9.17) is 9.15 Å². The van der Waals surface area contributed by atoms with Crippen molar-refractivity contribution < 1.29 is 17.6 Å². The van der Waals surface area contributed by atoms with Crippen molar-refractivity contribution in [2.45, 2.75) is 36.8 Å². The average Bonchev–Trinajstić information content (AvgIpc) is 3.00. The van der Waals surface area contributed by atoms with Gasteiger partial charge in [0.15, 0.2) is 0 Å². The second-order valence-electron chi connectivity index (χ2n) is 5.69. The van der Waals surface area contributed by atoms with Crippen LogP contribution in [0.3, 0.4) is 0 Å². The van der Waals surface area contributed by atoms with Gasteiger partial charge in [0.2, 0.25) is 5.09 Å². The van der Waals surface area contributed by atoms with Crippen LogP contribution in [0.25, 0.3) is 0 Å². The molecule has 6 heteroatoms. The van der Waals surface area contributed by atoms with Crippen molar-refractivity contribution in [2.24, 2.45) is 0 Å². The Labute approximate surface area is 136 Å². The van der Waals surface area contributed by atoms with Crippen molar-refractivity contribution in [1.29, 1.82) is 0 Å². The van der Waals surface area contributed by atoms with Crippen LogP contribution in [0.15, 0.2) is 52.2 Å². The third-order valence-electron chi connectivity index (χ3n) is 4.26. The molecule has 23 heavy (non-hydrogen) atoms. The fourth-order valence-electron chi connectivity index (χ4n) is 3.05. The van der Waals surface area contributed by atoms with E-state index in [0.717, 1.165) is 37.0 Å². The van der Waals surface area contributed by atoms with Gasteiger partial charge in [0.05, 0.1) is 19.4 Å². The summed E-state index contributed by atoms with van der Waals surface area (Å²) in [5, 5.41) is 0.0120. The molecule has 124 valence electrons. The van der Waals surface area contributed by atoms with E-state index in [9.17, 15) is 8.42 Å². The summed E-state index contributed by atoms with van der Waals surface area (Å²) in [5.41, 5.74) is 0.989. The molecule has 0 amide bonds. The van der Waals surface area contributed by atoms with Gasteiger partial charge in [-0.3, -0.25) is 0 Å². The largest absolute Gasteiger partial charge is 0.497 e. The van der Waals surface area contributed by atoms with Crippen LogP contribution in [0.5, 0.6) is 5.75 Å². The highest BCUT2D eigenvalue weighted by molar-refractivity contribution is 7.89. The van der Waals surface area contributed by atoms with Gasteiger partial charge in [-0.1, -0.05) is 25.0 Å². The summed E-state index contributed by atoms with van der Waals surface area (Å²) >= 11 is 0. The normalized spacial score (nSPS) is 20.1. The number of ether oxygens (including phenoxy) is 1. The molecule has 1 unspecified atom stereocenters. The molecule has 1 aromatic heterocycles. The number of methoxy groups -OCH3 is 1. The van der Waals surface area contributed by atoms with E-state index in [-0.39, 0.29) is 11.1 Å². The third-order valence-corrected chi connectivity index (χ3v) is 6.06. The minimum Gasteiger partial charge on any atom is -0.497 e. The standard InChI is InChI=1S/C17H21NO4S/c1-21-15-10-8-14(9-11-15)16-6-3-2-4-12-18(16)23(19,20)17-7-5-13-22-17/h5,7-11,13,16H,2-4,6,12H2,1H3. The summed E-state index contributed by atoms with van der Waals surface area (Å²) in [6.45, 7) is 0.514. The first-order chi connectivity index (χ1) is 11.1. The number of furan rings is 1. The van der Waals surface area contributed by atoms with Crippen LogP contribution >= 0.6 is 0 Å². The lowest BCUT2D eigenvalue weighted by Crippen LogP contribution is -2.34. The van der Waals surface area contributed by atoms with Gasteiger partial charge in [-0.2, -0.15) is 4.31 Å². The molecule has 1 atom stereocenters. The lowest BCUT2D eigenvalue weighted by molar-refractivity contribution is 0.315. The zero-order chi connectivity index (χ0) is 16.3. The Kier molecular flexibility index (Phi) is 4.73. The van der Waals surface area contributed by atoms with Crippen molar-refractivity contribution in [3.05, 3.63) is 48.2 Å². The summed E-state index contributed by atoms with van der Waals surface area (Å²) in [5.74, 6) is 0.766. The van der Waals surface area contributed by atoms with E-state index in [0.29, 0.717) is 6.54 Å². The predicted octanol–water partition coefficient (Wildman–Crippen LogP) is 3.59. The fourth-order valence-corrected chi connectivity index (χ4v) is 4.64. The zero-order valence-electron chi connectivity index (χ0n) is 13.1. The highest BCUT2D eigenvalue weighted by atomic mass is 32.2. The van der Waals surface area contributed by atoms with Gasteiger partial charge >= 0.3 is 0 Å². The van der Waals surface area contributed by atoms with E-state index in [1.54, 1.807) is 17.5 Å². The molecule has 2 aromatic rings. The molecule has 1 fully saturated rings. The number of rotatable bonds is 4. The van der Waals surface area contributed by atoms with Gasteiger partial charge < -0.3 is 9.15 Å². The molecule has 1 aromatic carbocycles. The van der Waals surface area contributed by atoms with Crippen molar-refractivity contribution in [3.63, 3.8) is 0 Å². The Bertz CT molecular complexity index is 722. The van der Waals surface area contributed by atoms with Crippen LogP contribution in [0.1, 0.15) is 37.3 Å². The van der Waals surface area contributed by atoms with Crippen molar-refractivity contribution in [1.82, 2.24) is 4.31 Å². The molecule has 5 nitrogen and oxygen atoms in total. The quantitative estimate of drug-likeness (QED) is 0.856. The molecule has 0 N–H and O–H groups in total. The first kappa shape index (κ1) is 16.1. The molecule has 1 aliphatic heterocycles. The zero-order valence-corrected chi connectivity index (χ0v) is 14.0. The number of hydrogen-bond acceptors (Lipinski definition) is 4. The second kappa shape index (κ2) is 6.76. The van der Waals surface area contributed by atoms with Crippen LogP contribution in [0, 0.1) is 0 Å². The summed E-state index contributed by atoms with van der Waals surface area (Å²) < 4.78 is 37.8. The average molecular weight is 335 g/mol. The molecule has 2 heterocycles. The van der Waals surface area contributed by atoms with Crippen molar-refractivity contribution >= 4 is 10.0 Å².